The zero-order valence-electron chi connectivity index (χ0n) is 14.7. The number of imidazole rings is 1. The van der Waals surface area contributed by atoms with E-state index in [1.165, 1.54) is 6.07 Å². The number of carboxylic acid groups (broad SMARTS) is 1. The number of hydrogen-bond donors (Lipinski definition) is 2. The minimum atomic E-state index is -1.13. The van der Waals surface area contributed by atoms with Crippen molar-refractivity contribution in [3.8, 4) is 0 Å². The molecule has 1 fully saturated rings. The Balaban J connectivity index is 1.73. The first-order chi connectivity index (χ1) is 13.0. The fourth-order valence-corrected chi connectivity index (χ4v) is 4.16. The fourth-order valence-electron chi connectivity index (χ4n) is 4.16. The minimum absolute atomic E-state index is 0.174. The molecule has 1 aromatic carbocycles. The number of nitrogens with one attached hydrogen (secondary N) is 1. The summed E-state index contributed by atoms with van der Waals surface area (Å²) in [7, 11) is 0. The Bertz CT molecular complexity index is 849. The molecule has 3 atom stereocenters. The van der Waals surface area contributed by atoms with Crippen molar-refractivity contribution in [2.24, 2.45) is 0 Å². The van der Waals surface area contributed by atoms with Crippen LogP contribution in [0.2, 0.25) is 0 Å². The first-order valence-electron chi connectivity index (χ1n) is 9.11. The number of halogens is 2. The number of carbonyl (C=O) groups is 1. The largest absolute Gasteiger partial charge is 0.465 e. The Labute approximate surface area is 155 Å². The number of rotatable bonds is 3. The van der Waals surface area contributed by atoms with Crippen molar-refractivity contribution >= 4 is 6.09 Å². The second-order valence-electron chi connectivity index (χ2n) is 7.13. The van der Waals surface area contributed by atoms with Crippen molar-refractivity contribution in [2.75, 3.05) is 13.2 Å². The van der Waals surface area contributed by atoms with Crippen molar-refractivity contribution in [1.82, 2.24) is 14.9 Å². The summed E-state index contributed by atoms with van der Waals surface area (Å²) in [4.78, 5) is 15.7. The molecule has 6 nitrogen and oxygen atoms in total. The van der Waals surface area contributed by atoms with Gasteiger partial charge in [-0.2, -0.15) is 0 Å². The molecule has 1 aromatic heterocycles. The zero-order chi connectivity index (χ0) is 19.0. The smallest absolute Gasteiger partial charge is 0.405 e. The van der Waals surface area contributed by atoms with Crippen LogP contribution in [0.5, 0.6) is 0 Å². The van der Waals surface area contributed by atoms with Gasteiger partial charge in [-0.3, -0.25) is 0 Å². The first kappa shape index (κ1) is 17.9. The summed E-state index contributed by atoms with van der Waals surface area (Å²) >= 11 is 0. The van der Waals surface area contributed by atoms with Gasteiger partial charge in [-0.25, -0.2) is 18.6 Å². The SMILES string of the molecule is O=C(O)N[C@@H]1CC[C@@H](c2cccc(F)c2F)Cn2c(C3CCOC3)cnc21. The zero-order valence-corrected chi connectivity index (χ0v) is 14.7. The van der Waals surface area contributed by atoms with E-state index in [1.54, 1.807) is 12.3 Å². The number of hydrogen-bond acceptors (Lipinski definition) is 3. The Hall–Kier alpha value is -2.48. The van der Waals surface area contributed by atoms with Gasteiger partial charge in [0.05, 0.1) is 12.6 Å². The molecular weight excluding hydrogens is 356 g/mol. The Morgan fingerprint density at radius 3 is 2.85 bits per heavy atom. The summed E-state index contributed by atoms with van der Waals surface area (Å²) in [6.07, 6.45) is 2.48. The van der Waals surface area contributed by atoms with Crippen molar-refractivity contribution in [3.63, 3.8) is 0 Å². The molecule has 0 aliphatic carbocycles. The molecule has 4 rings (SSSR count). The highest BCUT2D eigenvalue weighted by Gasteiger charge is 2.32. The van der Waals surface area contributed by atoms with E-state index in [4.69, 9.17) is 4.74 Å². The first-order valence-corrected chi connectivity index (χ1v) is 9.11. The van der Waals surface area contributed by atoms with Crippen LogP contribution < -0.4 is 5.32 Å². The maximum absolute atomic E-state index is 14.4. The molecule has 8 heteroatoms. The highest BCUT2D eigenvalue weighted by molar-refractivity contribution is 5.65. The average molecular weight is 377 g/mol. The van der Waals surface area contributed by atoms with E-state index in [0.29, 0.717) is 44.0 Å². The molecule has 0 saturated carbocycles. The van der Waals surface area contributed by atoms with Gasteiger partial charge in [-0.15, -0.1) is 0 Å². The molecular formula is C19H21F2N3O3. The summed E-state index contributed by atoms with van der Waals surface area (Å²) in [5.74, 6) is -1.17. The van der Waals surface area contributed by atoms with E-state index in [-0.39, 0.29) is 11.8 Å². The number of benzene rings is 1. The van der Waals surface area contributed by atoms with E-state index >= 15 is 0 Å². The van der Waals surface area contributed by atoms with Crippen LogP contribution in [-0.4, -0.2) is 34.0 Å². The molecule has 3 heterocycles. The van der Waals surface area contributed by atoms with Gasteiger partial charge in [0, 0.05) is 36.9 Å². The molecule has 2 aromatic rings. The average Bonchev–Trinajstić information content (AvgIpc) is 3.26. The summed E-state index contributed by atoms with van der Waals surface area (Å²) in [5.41, 5.74) is 1.28. The minimum Gasteiger partial charge on any atom is -0.465 e. The van der Waals surface area contributed by atoms with Gasteiger partial charge >= 0.3 is 6.09 Å². The van der Waals surface area contributed by atoms with Crippen molar-refractivity contribution in [2.45, 2.75) is 43.7 Å². The second kappa shape index (κ2) is 7.26. The lowest BCUT2D eigenvalue weighted by Gasteiger charge is -2.20. The third kappa shape index (κ3) is 3.41. The van der Waals surface area contributed by atoms with Crippen LogP contribution >= 0.6 is 0 Å². The van der Waals surface area contributed by atoms with Crippen LogP contribution in [-0.2, 0) is 11.3 Å². The monoisotopic (exact) mass is 377 g/mol. The van der Waals surface area contributed by atoms with E-state index in [9.17, 15) is 18.7 Å². The maximum Gasteiger partial charge on any atom is 0.405 e. The quantitative estimate of drug-likeness (QED) is 0.858. The van der Waals surface area contributed by atoms with Gasteiger partial charge in [0.2, 0.25) is 0 Å². The topological polar surface area (TPSA) is 76.4 Å². The normalized spacial score (nSPS) is 25.0. The summed E-state index contributed by atoms with van der Waals surface area (Å²) in [5, 5.41) is 11.7. The highest BCUT2D eigenvalue weighted by Crippen LogP contribution is 2.37. The molecule has 0 radical (unpaired) electrons. The van der Waals surface area contributed by atoms with Crippen LogP contribution in [0.25, 0.3) is 0 Å². The van der Waals surface area contributed by atoms with Crippen LogP contribution in [0.1, 0.15) is 54.2 Å². The van der Waals surface area contributed by atoms with Crippen LogP contribution in [0.3, 0.4) is 0 Å². The van der Waals surface area contributed by atoms with E-state index in [0.717, 1.165) is 18.2 Å². The lowest BCUT2D eigenvalue weighted by atomic mass is 9.92. The molecule has 1 saturated heterocycles. The van der Waals surface area contributed by atoms with E-state index in [1.807, 2.05) is 4.57 Å². The summed E-state index contributed by atoms with van der Waals surface area (Å²) in [6.45, 7) is 1.68. The lowest BCUT2D eigenvalue weighted by molar-refractivity contribution is 0.188. The van der Waals surface area contributed by atoms with Crippen molar-refractivity contribution < 1.29 is 23.4 Å². The highest BCUT2D eigenvalue weighted by atomic mass is 19.2. The number of amides is 1. The standard InChI is InChI=1S/C19H21F2N3O3/c20-14-3-1-2-13(17(14)21)11-4-5-15(23-19(25)26)18-22-8-16(24(18)9-11)12-6-7-27-10-12/h1-3,8,11-12,15,23H,4-7,9-10H2,(H,25,26)/t11-,12?,15-/m1/s1. The van der Waals surface area contributed by atoms with Crippen LogP contribution in [0, 0.1) is 11.6 Å². The Kier molecular flexibility index (Phi) is 4.82. The predicted octanol–water partition coefficient (Wildman–Crippen LogP) is 3.55. The van der Waals surface area contributed by atoms with Gasteiger partial charge in [0.15, 0.2) is 11.6 Å². The molecule has 2 aliphatic rings. The molecule has 144 valence electrons. The second-order valence-corrected chi connectivity index (χ2v) is 7.13. The Morgan fingerprint density at radius 2 is 2.11 bits per heavy atom. The van der Waals surface area contributed by atoms with E-state index < -0.39 is 23.8 Å². The van der Waals surface area contributed by atoms with Gasteiger partial charge < -0.3 is 19.7 Å². The van der Waals surface area contributed by atoms with Gasteiger partial charge in [-0.1, -0.05) is 12.1 Å². The Morgan fingerprint density at radius 1 is 1.26 bits per heavy atom. The number of aromatic nitrogens is 2. The third-order valence-electron chi connectivity index (χ3n) is 5.50. The third-order valence-corrected chi connectivity index (χ3v) is 5.50. The van der Waals surface area contributed by atoms with Gasteiger partial charge in [0.25, 0.3) is 0 Å². The molecule has 1 amide bonds. The molecule has 2 aliphatic heterocycles. The van der Waals surface area contributed by atoms with Gasteiger partial charge in [-0.05, 0) is 30.9 Å². The number of ether oxygens (including phenoxy) is 1. The fraction of sp³-hybridized carbons (Fsp3) is 0.474. The summed E-state index contributed by atoms with van der Waals surface area (Å²) in [6, 6.07) is 3.73. The lowest BCUT2D eigenvalue weighted by Crippen LogP contribution is -2.28. The van der Waals surface area contributed by atoms with Crippen LogP contribution in [0.4, 0.5) is 13.6 Å². The molecule has 2 N–H and O–H groups in total. The summed E-state index contributed by atoms with van der Waals surface area (Å²) < 4.78 is 35.6. The van der Waals surface area contributed by atoms with Crippen molar-refractivity contribution in [1.29, 1.82) is 0 Å². The van der Waals surface area contributed by atoms with Gasteiger partial charge in [0.1, 0.15) is 5.82 Å². The number of fused-ring (bicyclic) bond motifs is 1. The molecule has 0 bridgehead atoms. The van der Waals surface area contributed by atoms with Crippen molar-refractivity contribution in [3.05, 3.63) is 53.1 Å². The van der Waals surface area contributed by atoms with Crippen LogP contribution in [0.15, 0.2) is 24.4 Å². The molecule has 1 unspecified atom stereocenters. The predicted molar refractivity (Wildman–Crippen MR) is 92.6 cm³/mol. The maximum atomic E-state index is 14.4. The van der Waals surface area contributed by atoms with E-state index in [2.05, 4.69) is 10.3 Å². The molecule has 0 spiro atoms. The number of nitrogens with zero attached hydrogens (tertiary/aromatic N) is 2. The molecule has 27 heavy (non-hydrogen) atoms.